The summed E-state index contributed by atoms with van der Waals surface area (Å²) < 4.78 is 17.1. The lowest BCUT2D eigenvalue weighted by Gasteiger charge is -2.41. The zero-order valence-corrected chi connectivity index (χ0v) is 16.2. The number of fused-ring (bicyclic) bond motifs is 2. The fourth-order valence-electron chi connectivity index (χ4n) is 4.25. The van der Waals surface area contributed by atoms with E-state index in [1.807, 2.05) is 42.6 Å². The van der Waals surface area contributed by atoms with Crippen LogP contribution in [0.2, 0.25) is 0 Å². The van der Waals surface area contributed by atoms with Gasteiger partial charge in [0, 0.05) is 35.7 Å². The van der Waals surface area contributed by atoms with Crippen molar-refractivity contribution < 1.29 is 29.5 Å². The van der Waals surface area contributed by atoms with Crippen LogP contribution < -0.4 is 10.1 Å². The molecule has 3 aromatic rings. The summed E-state index contributed by atoms with van der Waals surface area (Å²) >= 11 is 0. The van der Waals surface area contributed by atoms with Gasteiger partial charge in [0.05, 0.1) is 17.8 Å². The molecule has 5 rings (SSSR count). The van der Waals surface area contributed by atoms with Crippen LogP contribution in [0.4, 0.5) is 5.69 Å². The summed E-state index contributed by atoms with van der Waals surface area (Å²) in [4.78, 5) is 4.57. The number of hydrogen-bond acceptors (Lipinski definition) is 8. The SMILES string of the molecule is CO[C@H]1[C@H](O)[C@@H](O)[C@H](Oc2c3c4c(ccnc4c4ccccc24)C=CN3)O[C@@H]1CO. The maximum Gasteiger partial charge on any atom is 0.229 e. The Bertz CT molecular complexity index is 1130. The molecule has 3 heterocycles. The lowest BCUT2D eigenvalue weighted by molar-refractivity contribution is -0.281. The summed E-state index contributed by atoms with van der Waals surface area (Å²) in [5, 5.41) is 36.6. The number of pyridine rings is 1. The highest BCUT2D eigenvalue weighted by Crippen LogP contribution is 2.45. The molecule has 2 aliphatic rings. The monoisotopic (exact) mass is 410 g/mol. The van der Waals surface area contributed by atoms with Gasteiger partial charge in [0.2, 0.25) is 6.29 Å². The minimum absolute atomic E-state index is 0.386. The molecule has 0 amide bonds. The summed E-state index contributed by atoms with van der Waals surface area (Å²) in [5.41, 5.74) is 2.52. The van der Waals surface area contributed by atoms with Crippen molar-refractivity contribution in [2.75, 3.05) is 19.0 Å². The van der Waals surface area contributed by atoms with E-state index in [0.29, 0.717) is 11.4 Å². The molecule has 5 atom stereocenters. The van der Waals surface area contributed by atoms with Crippen LogP contribution in [-0.4, -0.2) is 64.7 Å². The van der Waals surface area contributed by atoms with Crippen molar-refractivity contribution in [1.29, 1.82) is 0 Å². The first kappa shape index (κ1) is 19.2. The van der Waals surface area contributed by atoms with Gasteiger partial charge in [0.1, 0.15) is 24.4 Å². The quantitative estimate of drug-likeness (QED) is 0.480. The number of ether oxygens (including phenoxy) is 3. The number of methoxy groups -OCH3 is 1. The summed E-state index contributed by atoms with van der Waals surface area (Å²) in [6.07, 6.45) is -0.0237. The molecule has 1 fully saturated rings. The number of aliphatic hydroxyl groups excluding tert-OH is 3. The summed E-state index contributed by atoms with van der Waals surface area (Å²) in [7, 11) is 1.39. The Kier molecular flexibility index (Phi) is 4.80. The van der Waals surface area contributed by atoms with E-state index in [-0.39, 0.29) is 6.61 Å². The number of nitrogens with one attached hydrogen (secondary N) is 1. The van der Waals surface area contributed by atoms with E-state index in [1.54, 1.807) is 6.20 Å². The minimum atomic E-state index is -1.37. The van der Waals surface area contributed by atoms with Crippen LogP contribution >= 0.6 is 0 Å². The Morgan fingerprint density at radius 1 is 1.13 bits per heavy atom. The highest BCUT2D eigenvalue weighted by atomic mass is 16.7. The van der Waals surface area contributed by atoms with Crippen molar-refractivity contribution in [3.63, 3.8) is 0 Å². The molecule has 1 aromatic heterocycles. The molecule has 30 heavy (non-hydrogen) atoms. The van der Waals surface area contributed by atoms with Crippen LogP contribution in [-0.2, 0) is 9.47 Å². The van der Waals surface area contributed by atoms with E-state index in [9.17, 15) is 15.3 Å². The molecule has 2 aliphatic heterocycles. The van der Waals surface area contributed by atoms with Crippen LogP contribution in [0.3, 0.4) is 0 Å². The molecule has 0 aliphatic carbocycles. The molecular weight excluding hydrogens is 388 g/mol. The largest absolute Gasteiger partial charge is 0.459 e. The lowest BCUT2D eigenvalue weighted by Crippen LogP contribution is -2.60. The van der Waals surface area contributed by atoms with Gasteiger partial charge < -0.3 is 34.8 Å². The Labute approximate surface area is 172 Å². The minimum Gasteiger partial charge on any atom is -0.459 e. The predicted molar refractivity (Wildman–Crippen MR) is 111 cm³/mol. The van der Waals surface area contributed by atoms with Crippen molar-refractivity contribution in [2.24, 2.45) is 0 Å². The first-order chi connectivity index (χ1) is 14.6. The summed E-state index contributed by atoms with van der Waals surface area (Å²) in [6, 6.07) is 9.60. The van der Waals surface area contributed by atoms with Crippen molar-refractivity contribution in [3.05, 3.63) is 48.3 Å². The maximum absolute atomic E-state index is 10.6. The molecule has 2 aromatic carbocycles. The van der Waals surface area contributed by atoms with Gasteiger partial charge in [0.25, 0.3) is 0 Å². The topological polar surface area (TPSA) is 113 Å². The lowest BCUT2D eigenvalue weighted by atomic mass is 9.97. The fraction of sp³-hybridized carbons (Fsp3) is 0.318. The van der Waals surface area contributed by atoms with E-state index in [4.69, 9.17) is 14.2 Å². The first-order valence-corrected chi connectivity index (χ1v) is 9.72. The fourth-order valence-corrected chi connectivity index (χ4v) is 4.25. The highest BCUT2D eigenvalue weighted by Gasteiger charge is 2.46. The molecule has 0 saturated carbocycles. The van der Waals surface area contributed by atoms with Crippen LogP contribution in [0.5, 0.6) is 5.75 Å². The molecule has 0 spiro atoms. The molecule has 4 N–H and O–H groups in total. The number of benzene rings is 2. The normalized spacial score (nSPS) is 27.9. The third kappa shape index (κ3) is 2.84. The Hall–Kier alpha value is -2.75. The van der Waals surface area contributed by atoms with Crippen molar-refractivity contribution in [1.82, 2.24) is 4.98 Å². The zero-order valence-electron chi connectivity index (χ0n) is 16.2. The third-order valence-electron chi connectivity index (χ3n) is 5.70. The van der Waals surface area contributed by atoms with Crippen molar-refractivity contribution in [3.8, 4) is 5.75 Å². The number of hydrogen-bond donors (Lipinski definition) is 4. The number of aliphatic hydroxyl groups is 3. The van der Waals surface area contributed by atoms with Crippen LogP contribution in [0.25, 0.3) is 27.8 Å². The summed E-state index contributed by atoms with van der Waals surface area (Å²) in [6.45, 7) is -0.386. The van der Waals surface area contributed by atoms with Crippen LogP contribution in [0.15, 0.2) is 42.7 Å². The molecule has 8 heteroatoms. The van der Waals surface area contributed by atoms with E-state index in [0.717, 1.165) is 27.2 Å². The average Bonchev–Trinajstić information content (AvgIpc) is 2.79. The standard InChI is InChI=1S/C22H22N2O6/c1-28-21-14(10-25)29-22(19(27)18(21)26)30-20-13-5-3-2-4-12(13)16-15-11(6-8-23-16)7-9-24-17(15)20/h2-9,14,18-19,21-22,24-27H,10H2,1H3/t14-,18-,19-,21-,22+/m1/s1. The molecule has 0 radical (unpaired) electrons. The Morgan fingerprint density at radius 2 is 1.93 bits per heavy atom. The second kappa shape index (κ2) is 7.50. The van der Waals surface area contributed by atoms with E-state index < -0.39 is 30.7 Å². The zero-order chi connectivity index (χ0) is 20.8. The Balaban J connectivity index is 1.65. The van der Waals surface area contributed by atoms with Gasteiger partial charge in [-0.1, -0.05) is 24.3 Å². The van der Waals surface area contributed by atoms with E-state index >= 15 is 0 Å². The average molecular weight is 410 g/mol. The van der Waals surface area contributed by atoms with Gasteiger partial charge in [0.15, 0.2) is 5.75 Å². The number of anilines is 1. The van der Waals surface area contributed by atoms with Gasteiger partial charge >= 0.3 is 0 Å². The number of nitrogens with zero attached hydrogens (tertiary/aromatic N) is 1. The van der Waals surface area contributed by atoms with Gasteiger partial charge in [-0.2, -0.15) is 0 Å². The van der Waals surface area contributed by atoms with Gasteiger partial charge in [-0.05, 0) is 17.7 Å². The second-order valence-electron chi connectivity index (χ2n) is 7.38. The van der Waals surface area contributed by atoms with Gasteiger partial charge in [-0.15, -0.1) is 0 Å². The number of rotatable bonds is 4. The van der Waals surface area contributed by atoms with Crippen LogP contribution in [0, 0.1) is 0 Å². The molecule has 8 nitrogen and oxygen atoms in total. The molecular formula is C22H22N2O6. The summed E-state index contributed by atoms with van der Waals surface area (Å²) in [5.74, 6) is 0.473. The van der Waals surface area contributed by atoms with Crippen molar-refractivity contribution in [2.45, 2.75) is 30.7 Å². The van der Waals surface area contributed by atoms with E-state index in [2.05, 4.69) is 10.3 Å². The van der Waals surface area contributed by atoms with Gasteiger partial charge in [-0.25, -0.2) is 0 Å². The maximum atomic E-state index is 10.6. The molecule has 156 valence electrons. The first-order valence-electron chi connectivity index (χ1n) is 9.72. The van der Waals surface area contributed by atoms with E-state index in [1.165, 1.54) is 7.11 Å². The second-order valence-corrected chi connectivity index (χ2v) is 7.38. The third-order valence-corrected chi connectivity index (χ3v) is 5.70. The van der Waals surface area contributed by atoms with Gasteiger partial charge in [-0.3, -0.25) is 4.98 Å². The predicted octanol–water partition coefficient (Wildman–Crippen LogP) is 1.62. The highest BCUT2D eigenvalue weighted by molar-refractivity contribution is 6.18. The smallest absolute Gasteiger partial charge is 0.229 e. The van der Waals surface area contributed by atoms with Crippen LogP contribution in [0.1, 0.15) is 5.56 Å². The molecule has 0 bridgehead atoms. The Morgan fingerprint density at radius 3 is 2.70 bits per heavy atom. The molecule has 0 unspecified atom stereocenters. The number of aromatic nitrogens is 1. The molecule has 1 saturated heterocycles. The van der Waals surface area contributed by atoms with Crippen molar-refractivity contribution >= 4 is 33.4 Å².